The number of cyclic esters (lactones) is 1. The maximum absolute atomic E-state index is 14.8. The fraction of sp³-hybridized carbons (Fsp3) is 0.368. The Morgan fingerprint density at radius 3 is 2.97 bits per heavy atom. The fourth-order valence-electron chi connectivity index (χ4n) is 3.39. The lowest BCUT2D eigenvalue weighted by atomic mass is 9.98. The maximum Gasteiger partial charge on any atom is 0.414 e. The summed E-state index contributed by atoms with van der Waals surface area (Å²) in [6.07, 6.45) is 2.67. The zero-order valence-electron chi connectivity index (χ0n) is 15.9. The van der Waals surface area contributed by atoms with Gasteiger partial charge in [0, 0.05) is 18.7 Å². The van der Waals surface area contributed by atoms with Crippen molar-refractivity contribution in [1.82, 2.24) is 13.6 Å². The molecule has 1 fully saturated rings. The third kappa shape index (κ3) is 4.26. The van der Waals surface area contributed by atoms with E-state index in [9.17, 15) is 14.0 Å². The van der Waals surface area contributed by atoms with E-state index in [1.54, 1.807) is 18.2 Å². The summed E-state index contributed by atoms with van der Waals surface area (Å²) in [4.78, 5) is 26.6. The lowest BCUT2D eigenvalue weighted by Crippen LogP contribution is -2.36. The summed E-state index contributed by atoms with van der Waals surface area (Å²) in [6.45, 7) is 0.566. The van der Waals surface area contributed by atoms with Crippen molar-refractivity contribution in [1.29, 1.82) is 0 Å². The van der Waals surface area contributed by atoms with Crippen LogP contribution in [-0.2, 0) is 9.53 Å². The molecule has 1 aromatic heterocycles. The molecule has 2 aromatic rings. The first-order valence-electron chi connectivity index (χ1n) is 9.31. The Hall–Kier alpha value is -3.05. The zero-order chi connectivity index (χ0) is 21.1. The Balaban J connectivity index is 1.41. The van der Waals surface area contributed by atoms with Crippen LogP contribution in [0.3, 0.4) is 0 Å². The highest BCUT2D eigenvalue weighted by molar-refractivity contribution is 6.99. The molecule has 1 atom stereocenters. The minimum absolute atomic E-state index is 0.129. The van der Waals surface area contributed by atoms with Gasteiger partial charge in [0.15, 0.2) is 6.10 Å². The predicted molar refractivity (Wildman–Crippen MR) is 106 cm³/mol. The summed E-state index contributed by atoms with van der Waals surface area (Å²) >= 11 is 1.02. The first-order valence-corrected chi connectivity index (χ1v) is 10.0. The first kappa shape index (κ1) is 20.2. The number of aliphatic hydroxyl groups excluding tert-OH is 1. The summed E-state index contributed by atoms with van der Waals surface area (Å²) < 4.78 is 33.3. The number of carbonyl (C=O) groups excluding carboxylic acids is 2. The van der Waals surface area contributed by atoms with Crippen LogP contribution in [0.2, 0.25) is 0 Å². The van der Waals surface area contributed by atoms with Crippen molar-refractivity contribution >= 4 is 35.0 Å². The van der Waals surface area contributed by atoms with Crippen LogP contribution in [0.25, 0.3) is 5.57 Å². The van der Waals surface area contributed by atoms with Gasteiger partial charge in [0.2, 0.25) is 11.8 Å². The number of anilines is 1. The van der Waals surface area contributed by atoms with Crippen LogP contribution >= 0.6 is 11.7 Å². The Kier molecular flexibility index (Phi) is 5.91. The Morgan fingerprint density at radius 2 is 2.30 bits per heavy atom. The molecule has 0 bridgehead atoms. The van der Waals surface area contributed by atoms with Gasteiger partial charge in [0.05, 0.1) is 24.0 Å². The third-order valence-corrected chi connectivity index (χ3v) is 5.40. The number of hydrogen-bond acceptors (Lipinski definition) is 8. The largest absolute Gasteiger partial charge is 0.472 e. The molecule has 9 nitrogen and oxygen atoms in total. The van der Waals surface area contributed by atoms with Crippen molar-refractivity contribution < 1.29 is 28.6 Å². The first-order chi connectivity index (χ1) is 14.5. The summed E-state index contributed by atoms with van der Waals surface area (Å²) in [5.41, 5.74) is 1.61. The molecule has 4 rings (SSSR count). The van der Waals surface area contributed by atoms with E-state index >= 15 is 0 Å². The second-order valence-corrected chi connectivity index (χ2v) is 7.37. The Morgan fingerprint density at radius 1 is 1.43 bits per heavy atom. The second kappa shape index (κ2) is 8.76. The number of aliphatic hydroxyl groups is 1. The van der Waals surface area contributed by atoms with Crippen LogP contribution in [-0.4, -0.2) is 69.7 Å². The number of aromatic nitrogens is 2. The molecule has 0 saturated carbocycles. The van der Waals surface area contributed by atoms with Gasteiger partial charge in [-0.05, 0) is 30.2 Å². The number of hydrogen-bond donors (Lipinski definition) is 1. The van der Waals surface area contributed by atoms with Gasteiger partial charge in [-0.1, -0.05) is 6.08 Å². The smallest absolute Gasteiger partial charge is 0.414 e. The Bertz CT molecular complexity index is 968. The quantitative estimate of drug-likeness (QED) is 0.738. The molecule has 11 heteroatoms. The lowest BCUT2D eigenvalue weighted by molar-refractivity contribution is -0.133. The van der Waals surface area contributed by atoms with Crippen molar-refractivity contribution in [3.63, 3.8) is 0 Å². The summed E-state index contributed by atoms with van der Waals surface area (Å²) in [5.74, 6) is -0.440. The van der Waals surface area contributed by atoms with Crippen LogP contribution < -0.4 is 9.64 Å². The molecule has 2 aliphatic heterocycles. The molecule has 3 heterocycles. The SMILES string of the molecule is O=C(CO)N1CC=C(c2ccc(N3C[C@H](COc4cnsn4)OC3=O)cc2F)CC1. The number of halogens is 1. The summed E-state index contributed by atoms with van der Waals surface area (Å²) in [6, 6.07) is 4.59. The lowest BCUT2D eigenvalue weighted by Gasteiger charge is -2.26. The van der Waals surface area contributed by atoms with Crippen LogP contribution in [0.5, 0.6) is 5.88 Å². The molecule has 1 N–H and O–H groups in total. The molecular formula is C19H19FN4O5S. The third-order valence-electron chi connectivity index (χ3n) is 4.94. The van der Waals surface area contributed by atoms with E-state index in [-0.39, 0.29) is 19.1 Å². The van der Waals surface area contributed by atoms with E-state index in [0.717, 1.165) is 17.3 Å². The highest BCUT2D eigenvalue weighted by Crippen LogP contribution is 2.29. The van der Waals surface area contributed by atoms with Gasteiger partial charge in [-0.2, -0.15) is 4.37 Å². The second-order valence-electron chi connectivity index (χ2n) is 6.81. The molecule has 0 radical (unpaired) electrons. The van der Waals surface area contributed by atoms with Crippen molar-refractivity contribution in [3.05, 3.63) is 41.9 Å². The molecule has 2 amide bonds. The monoisotopic (exact) mass is 434 g/mol. The molecule has 2 aliphatic rings. The van der Waals surface area contributed by atoms with E-state index in [4.69, 9.17) is 14.6 Å². The van der Waals surface area contributed by atoms with Gasteiger partial charge in [-0.15, -0.1) is 4.37 Å². The van der Waals surface area contributed by atoms with Crippen molar-refractivity contribution in [2.45, 2.75) is 12.5 Å². The molecule has 158 valence electrons. The minimum Gasteiger partial charge on any atom is -0.472 e. The minimum atomic E-state index is -0.567. The van der Waals surface area contributed by atoms with E-state index in [2.05, 4.69) is 8.75 Å². The molecule has 30 heavy (non-hydrogen) atoms. The van der Waals surface area contributed by atoms with Crippen LogP contribution in [0.1, 0.15) is 12.0 Å². The molecule has 1 aromatic carbocycles. The highest BCUT2D eigenvalue weighted by atomic mass is 32.1. The van der Waals surface area contributed by atoms with E-state index < -0.39 is 24.6 Å². The van der Waals surface area contributed by atoms with E-state index in [1.807, 2.05) is 0 Å². The predicted octanol–water partition coefficient (Wildman–Crippen LogP) is 1.69. The molecule has 0 spiro atoms. The molecular weight excluding hydrogens is 415 g/mol. The molecule has 0 unspecified atom stereocenters. The molecule has 0 aliphatic carbocycles. The standard InChI is InChI=1S/C19H19FN4O5S/c20-16-7-13(1-2-15(16)12-3-5-23(6-4-12)18(26)10-25)24-9-14(29-19(24)27)11-28-17-8-21-30-22-17/h1-3,7-8,14,25H,4-6,9-11H2/t14-/m1/s1. The van der Waals surface area contributed by atoms with Gasteiger partial charge >= 0.3 is 6.09 Å². The van der Waals surface area contributed by atoms with E-state index in [1.165, 1.54) is 22.1 Å². The average molecular weight is 434 g/mol. The maximum atomic E-state index is 14.8. The highest BCUT2D eigenvalue weighted by Gasteiger charge is 2.33. The molecule has 1 saturated heterocycles. The van der Waals surface area contributed by atoms with Crippen LogP contribution in [0.4, 0.5) is 14.9 Å². The van der Waals surface area contributed by atoms with Crippen molar-refractivity contribution in [2.24, 2.45) is 0 Å². The number of rotatable bonds is 6. The fourth-order valence-corrected chi connectivity index (χ4v) is 3.75. The van der Waals surface area contributed by atoms with Gasteiger partial charge in [-0.25, -0.2) is 9.18 Å². The number of ether oxygens (including phenoxy) is 2. The van der Waals surface area contributed by atoms with Gasteiger partial charge in [-0.3, -0.25) is 9.69 Å². The summed E-state index contributed by atoms with van der Waals surface area (Å²) in [7, 11) is 0. The van der Waals surface area contributed by atoms with Gasteiger partial charge in [0.25, 0.3) is 0 Å². The number of amides is 2. The average Bonchev–Trinajstić information content (AvgIpc) is 3.41. The number of nitrogens with zero attached hydrogens (tertiary/aromatic N) is 4. The topological polar surface area (TPSA) is 105 Å². The number of carbonyl (C=O) groups is 2. The van der Waals surface area contributed by atoms with E-state index in [0.29, 0.717) is 36.6 Å². The summed E-state index contributed by atoms with van der Waals surface area (Å²) in [5, 5.41) is 8.94. The van der Waals surface area contributed by atoms with Crippen molar-refractivity contribution in [3.8, 4) is 5.88 Å². The van der Waals surface area contributed by atoms with Crippen LogP contribution in [0, 0.1) is 5.82 Å². The number of benzene rings is 1. The zero-order valence-corrected chi connectivity index (χ0v) is 16.7. The van der Waals surface area contributed by atoms with Crippen LogP contribution in [0.15, 0.2) is 30.5 Å². The van der Waals surface area contributed by atoms with Crippen molar-refractivity contribution in [2.75, 3.05) is 37.7 Å². The van der Waals surface area contributed by atoms with Gasteiger partial charge in [0.1, 0.15) is 25.2 Å². The normalized spacial score (nSPS) is 18.9. The van der Waals surface area contributed by atoms with Gasteiger partial charge < -0.3 is 19.5 Å². The Labute approximate surface area is 175 Å².